The van der Waals surface area contributed by atoms with Gasteiger partial charge in [-0.15, -0.1) is 0 Å². The van der Waals surface area contributed by atoms with Crippen molar-refractivity contribution in [3.8, 4) is 11.4 Å². The van der Waals surface area contributed by atoms with E-state index in [1.807, 2.05) is 20.8 Å². The van der Waals surface area contributed by atoms with Crippen LogP contribution in [0, 0.1) is 12.8 Å². The summed E-state index contributed by atoms with van der Waals surface area (Å²) in [6, 6.07) is 11.8. The zero-order chi connectivity index (χ0) is 23.8. The quantitative estimate of drug-likeness (QED) is 0.413. The Hall–Kier alpha value is -3.53. The second kappa shape index (κ2) is 8.78. The first-order valence-electron chi connectivity index (χ1n) is 10.5. The standard InChI is InChI=1S/C23H24N4O5S/c1-14(2)13-27-19-9-6-16(12-18(19)24-22(28)23(27)29)21-25-20(32-26-21)10-11-33(30,31)17-7-4-15(3)5-8-17/h4-9,12,14H,10-11,13H2,1-3H3,(H,24,28). The van der Waals surface area contributed by atoms with E-state index in [2.05, 4.69) is 15.1 Å². The molecule has 0 aliphatic rings. The predicted octanol–water partition coefficient (Wildman–Crippen LogP) is 2.72. The number of fused-ring (bicyclic) bond motifs is 1. The summed E-state index contributed by atoms with van der Waals surface area (Å²) in [4.78, 5) is 31.5. The minimum atomic E-state index is -3.48. The predicted molar refractivity (Wildman–Crippen MR) is 124 cm³/mol. The molecular formula is C23H24N4O5S. The summed E-state index contributed by atoms with van der Waals surface area (Å²) in [6.07, 6.45) is 0.0710. The molecule has 0 radical (unpaired) electrons. The lowest BCUT2D eigenvalue weighted by atomic mass is 10.1. The van der Waals surface area contributed by atoms with Crippen molar-refractivity contribution in [3.05, 3.63) is 74.6 Å². The minimum absolute atomic E-state index is 0.0710. The number of hydrogen-bond acceptors (Lipinski definition) is 7. The van der Waals surface area contributed by atoms with E-state index in [1.54, 1.807) is 42.5 Å². The molecule has 172 valence electrons. The maximum Gasteiger partial charge on any atom is 0.316 e. The van der Waals surface area contributed by atoms with Gasteiger partial charge in [0.15, 0.2) is 9.84 Å². The summed E-state index contributed by atoms with van der Waals surface area (Å²) < 4.78 is 31.8. The molecule has 0 atom stereocenters. The number of aromatic amines is 1. The Morgan fingerprint density at radius 3 is 2.52 bits per heavy atom. The summed E-state index contributed by atoms with van der Waals surface area (Å²) in [5.41, 5.74) is 1.34. The van der Waals surface area contributed by atoms with Crippen LogP contribution in [0.3, 0.4) is 0 Å². The lowest BCUT2D eigenvalue weighted by Crippen LogP contribution is -2.37. The highest BCUT2D eigenvalue weighted by Crippen LogP contribution is 2.21. The Balaban J connectivity index is 1.58. The van der Waals surface area contributed by atoms with Gasteiger partial charge >= 0.3 is 11.1 Å². The van der Waals surface area contributed by atoms with Gasteiger partial charge in [0.2, 0.25) is 11.7 Å². The molecule has 0 amide bonds. The number of rotatable bonds is 7. The number of hydrogen-bond donors (Lipinski definition) is 1. The lowest BCUT2D eigenvalue weighted by Gasteiger charge is -2.12. The second-order valence-corrected chi connectivity index (χ2v) is 10.5. The van der Waals surface area contributed by atoms with Crippen LogP contribution >= 0.6 is 0 Å². The Labute approximate surface area is 190 Å². The Morgan fingerprint density at radius 2 is 1.82 bits per heavy atom. The van der Waals surface area contributed by atoms with E-state index in [1.165, 1.54) is 4.57 Å². The van der Waals surface area contributed by atoms with Crippen LogP contribution in [0.25, 0.3) is 22.4 Å². The highest BCUT2D eigenvalue weighted by molar-refractivity contribution is 7.91. The van der Waals surface area contributed by atoms with Gasteiger partial charge in [0.05, 0.1) is 21.7 Å². The van der Waals surface area contributed by atoms with Crippen molar-refractivity contribution in [1.29, 1.82) is 0 Å². The summed E-state index contributed by atoms with van der Waals surface area (Å²) in [5.74, 6) is 0.481. The van der Waals surface area contributed by atoms with Crippen LogP contribution in [0.15, 0.2) is 61.5 Å². The van der Waals surface area contributed by atoms with Gasteiger partial charge in [-0.1, -0.05) is 36.7 Å². The Bertz CT molecular complexity index is 1530. The molecule has 2 aromatic carbocycles. The number of sulfone groups is 1. The fraction of sp³-hybridized carbons (Fsp3) is 0.304. The number of nitrogens with zero attached hydrogens (tertiary/aromatic N) is 3. The van der Waals surface area contributed by atoms with Crippen molar-refractivity contribution in [2.75, 3.05) is 5.75 Å². The van der Waals surface area contributed by atoms with Crippen LogP contribution in [0.4, 0.5) is 0 Å². The lowest BCUT2D eigenvalue weighted by molar-refractivity contribution is 0.382. The second-order valence-electron chi connectivity index (χ2n) is 8.39. The molecule has 4 aromatic rings. The zero-order valence-electron chi connectivity index (χ0n) is 18.5. The largest absolute Gasteiger partial charge is 0.339 e. The fourth-order valence-electron chi connectivity index (χ4n) is 3.52. The topological polar surface area (TPSA) is 128 Å². The number of benzene rings is 2. The first-order valence-corrected chi connectivity index (χ1v) is 12.2. The molecule has 0 aliphatic carbocycles. The molecule has 10 heteroatoms. The molecule has 2 heterocycles. The van der Waals surface area contributed by atoms with E-state index in [9.17, 15) is 18.0 Å². The van der Waals surface area contributed by atoms with E-state index < -0.39 is 21.0 Å². The van der Waals surface area contributed by atoms with Crippen molar-refractivity contribution >= 4 is 20.9 Å². The van der Waals surface area contributed by atoms with Crippen molar-refractivity contribution in [1.82, 2.24) is 19.7 Å². The SMILES string of the molecule is Cc1ccc(S(=O)(=O)CCc2nc(-c3ccc4c(c3)[nH]c(=O)c(=O)n4CC(C)C)no2)cc1. The first-order chi connectivity index (χ1) is 15.6. The van der Waals surface area contributed by atoms with Crippen LogP contribution in [-0.4, -0.2) is 33.9 Å². The molecule has 0 unspecified atom stereocenters. The number of aromatic nitrogens is 4. The highest BCUT2D eigenvalue weighted by atomic mass is 32.2. The summed E-state index contributed by atoms with van der Waals surface area (Å²) in [6.45, 7) is 6.24. The van der Waals surface area contributed by atoms with Gasteiger partial charge in [0.1, 0.15) is 0 Å². The molecule has 0 aliphatic heterocycles. The van der Waals surface area contributed by atoms with Crippen LogP contribution in [0.2, 0.25) is 0 Å². The summed E-state index contributed by atoms with van der Waals surface area (Å²) in [5, 5.41) is 3.95. The van der Waals surface area contributed by atoms with E-state index in [0.717, 1.165) is 5.56 Å². The molecule has 0 saturated heterocycles. The zero-order valence-corrected chi connectivity index (χ0v) is 19.3. The monoisotopic (exact) mass is 468 g/mol. The molecule has 0 fully saturated rings. The molecule has 0 spiro atoms. The van der Waals surface area contributed by atoms with Gasteiger partial charge in [0, 0.05) is 18.5 Å². The molecule has 2 aromatic heterocycles. The van der Waals surface area contributed by atoms with Crippen LogP contribution in [-0.2, 0) is 22.8 Å². The first kappa shape index (κ1) is 22.7. The van der Waals surface area contributed by atoms with E-state index >= 15 is 0 Å². The van der Waals surface area contributed by atoms with Gasteiger partial charge in [-0.3, -0.25) is 9.59 Å². The average molecular weight is 469 g/mol. The fourth-order valence-corrected chi connectivity index (χ4v) is 4.75. The molecule has 0 saturated carbocycles. The van der Waals surface area contributed by atoms with Crippen molar-refractivity contribution in [2.45, 2.75) is 38.6 Å². The van der Waals surface area contributed by atoms with Crippen LogP contribution in [0.1, 0.15) is 25.3 Å². The number of H-pyrrole nitrogens is 1. The summed E-state index contributed by atoms with van der Waals surface area (Å²) >= 11 is 0. The maximum absolute atomic E-state index is 12.6. The van der Waals surface area contributed by atoms with E-state index in [-0.39, 0.29) is 34.7 Å². The van der Waals surface area contributed by atoms with E-state index in [4.69, 9.17) is 4.52 Å². The molecular weight excluding hydrogens is 444 g/mol. The van der Waals surface area contributed by atoms with Crippen molar-refractivity contribution in [3.63, 3.8) is 0 Å². The van der Waals surface area contributed by atoms with Crippen molar-refractivity contribution < 1.29 is 12.9 Å². The number of aryl methyl sites for hydroxylation is 2. The van der Waals surface area contributed by atoms with Gasteiger partial charge in [-0.25, -0.2) is 8.42 Å². The van der Waals surface area contributed by atoms with Gasteiger partial charge < -0.3 is 14.1 Å². The molecule has 9 nitrogen and oxygen atoms in total. The Morgan fingerprint density at radius 1 is 1.09 bits per heavy atom. The number of nitrogens with one attached hydrogen (secondary N) is 1. The van der Waals surface area contributed by atoms with Gasteiger partial charge in [-0.05, 0) is 43.2 Å². The van der Waals surface area contributed by atoms with Crippen molar-refractivity contribution in [2.24, 2.45) is 5.92 Å². The molecule has 0 bridgehead atoms. The summed E-state index contributed by atoms with van der Waals surface area (Å²) in [7, 11) is -3.48. The molecule has 33 heavy (non-hydrogen) atoms. The maximum atomic E-state index is 12.6. The van der Waals surface area contributed by atoms with E-state index in [0.29, 0.717) is 23.1 Å². The highest BCUT2D eigenvalue weighted by Gasteiger charge is 2.18. The third-order valence-corrected chi connectivity index (χ3v) is 6.95. The van der Waals surface area contributed by atoms with Crippen LogP contribution in [0.5, 0.6) is 0 Å². The third kappa shape index (κ3) is 4.80. The smallest absolute Gasteiger partial charge is 0.316 e. The average Bonchev–Trinajstić information content (AvgIpc) is 3.24. The molecule has 1 N–H and O–H groups in total. The minimum Gasteiger partial charge on any atom is -0.339 e. The molecule has 4 rings (SSSR count). The van der Waals surface area contributed by atoms with Crippen LogP contribution < -0.4 is 11.1 Å². The Kier molecular flexibility index (Phi) is 6.03. The van der Waals surface area contributed by atoms with Gasteiger partial charge in [-0.2, -0.15) is 4.98 Å². The van der Waals surface area contributed by atoms with Gasteiger partial charge in [0.25, 0.3) is 0 Å². The third-order valence-electron chi connectivity index (χ3n) is 5.21. The normalized spacial score (nSPS) is 12.0.